The number of sulfone groups is 1. The van der Waals surface area contributed by atoms with Crippen LogP contribution in [0.4, 0.5) is 10.1 Å². The number of rotatable bonds is 6. The Labute approximate surface area is 194 Å². The van der Waals surface area contributed by atoms with Crippen LogP contribution in [-0.2, 0) is 26.9 Å². The van der Waals surface area contributed by atoms with Gasteiger partial charge in [-0.1, -0.05) is 65.7 Å². The molecule has 0 radical (unpaired) electrons. The van der Waals surface area contributed by atoms with E-state index in [4.69, 9.17) is 23.2 Å². The van der Waals surface area contributed by atoms with Crippen molar-refractivity contribution in [1.82, 2.24) is 4.57 Å². The van der Waals surface area contributed by atoms with Crippen LogP contribution in [-0.4, -0.2) is 18.9 Å². The van der Waals surface area contributed by atoms with Gasteiger partial charge < -0.3 is 9.88 Å². The Morgan fingerprint density at radius 1 is 0.969 bits per heavy atom. The number of anilines is 1. The quantitative estimate of drug-likeness (QED) is 0.376. The van der Waals surface area contributed by atoms with Crippen LogP contribution in [0.5, 0.6) is 0 Å². The molecule has 1 aromatic heterocycles. The Hall–Kier alpha value is -2.87. The number of carbonyl (C=O) groups is 1. The summed E-state index contributed by atoms with van der Waals surface area (Å²) in [5, 5.41) is 3.66. The van der Waals surface area contributed by atoms with E-state index in [1.165, 1.54) is 29.0 Å². The van der Waals surface area contributed by atoms with E-state index in [-0.39, 0.29) is 22.0 Å². The zero-order valence-corrected chi connectivity index (χ0v) is 18.9. The number of aromatic nitrogens is 1. The van der Waals surface area contributed by atoms with Gasteiger partial charge in [0.25, 0.3) is 0 Å². The first kappa shape index (κ1) is 22.3. The van der Waals surface area contributed by atoms with E-state index in [2.05, 4.69) is 5.32 Å². The first-order valence-electron chi connectivity index (χ1n) is 9.54. The summed E-state index contributed by atoms with van der Waals surface area (Å²) in [7, 11) is -3.88. The third kappa shape index (κ3) is 4.50. The molecule has 1 heterocycles. The number of halogens is 3. The fourth-order valence-electron chi connectivity index (χ4n) is 3.43. The number of hydrogen-bond donors (Lipinski definition) is 1. The molecule has 32 heavy (non-hydrogen) atoms. The molecule has 4 aromatic rings. The molecule has 0 spiro atoms. The maximum atomic E-state index is 14.1. The fraction of sp³-hybridized carbons (Fsp3) is 0.0870. The molecule has 0 atom stereocenters. The lowest BCUT2D eigenvalue weighted by atomic mass is 10.2. The van der Waals surface area contributed by atoms with Crippen LogP contribution in [0.1, 0.15) is 5.56 Å². The van der Waals surface area contributed by atoms with Crippen molar-refractivity contribution in [2.24, 2.45) is 0 Å². The maximum Gasteiger partial charge on any atom is 0.244 e. The second-order valence-corrected chi connectivity index (χ2v) is 9.88. The molecule has 164 valence electrons. The highest BCUT2D eigenvalue weighted by molar-refractivity contribution is 7.90. The van der Waals surface area contributed by atoms with Crippen LogP contribution in [0.2, 0.25) is 10.0 Å². The number of amides is 1. The van der Waals surface area contributed by atoms with Crippen molar-refractivity contribution in [3.8, 4) is 0 Å². The van der Waals surface area contributed by atoms with Gasteiger partial charge in [-0.3, -0.25) is 4.79 Å². The molecule has 1 N–H and O–H groups in total. The van der Waals surface area contributed by atoms with Gasteiger partial charge in [0.15, 0.2) is 9.84 Å². The topological polar surface area (TPSA) is 68.2 Å². The van der Waals surface area contributed by atoms with Crippen molar-refractivity contribution < 1.29 is 17.6 Å². The number of para-hydroxylation sites is 1. The number of hydrogen-bond acceptors (Lipinski definition) is 3. The SMILES string of the molecule is O=C(Cn1cc(S(=O)(=O)Cc2ccccc2F)c2ccccc21)Nc1cccc(Cl)c1Cl. The van der Waals surface area contributed by atoms with Gasteiger partial charge in [-0.25, -0.2) is 12.8 Å². The van der Waals surface area contributed by atoms with Gasteiger partial charge in [0.05, 0.1) is 26.4 Å². The van der Waals surface area contributed by atoms with Crippen LogP contribution >= 0.6 is 23.2 Å². The fourth-order valence-corrected chi connectivity index (χ4v) is 5.38. The molecule has 0 aliphatic rings. The molecule has 0 bridgehead atoms. The molecule has 3 aromatic carbocycles. The lowest BCUT2D eigenvalue weighted by Gasteiger charge is -2.09. The predicted molar refractivity (Wildman–Crippen MR) is 124 cm³/mol. The minimum absolute atomic E-state index is 0.0324. The number of benzene rings is 3. The third-order valence-corrected chi connectivity index (χ3v) is 7.44. The number of nitrogens with zero attached hydrogens (tertiary/aromatic N) is 1. The molecule has 9 heteroatoms. The summed E-state index contributed by atoms with van der Waals surface area (Å²) in [5.74, 6) is -1.48. The maximum absolute atomic E-state index is 14.1. The van der Waals surface area contributed by atoms with E-state index < -0.39 is 27.3 Å². The highest BCUT2D eigenvalue weighted by atomic mass is 35.5. The Morgan fingerprint density at radius 2 is 1.69 bits per heavy atom. The highest BCUT2D eigenvalue weighted by Gasteiger charge is 2.23. The van der Waals surface area contributed by atoms with Crippen LogP contribution in [0.3, 0.4) is 0 Å². The van der Waals surface area contributed by atoms with Gasteiger partial charge in [0.2, 0.25) is 5.91 Å². The van der Waals surface area contributed by atoms with Crippen molar-refractivity contribution in [2.75, 3.05) is 5.32 Å². The molecule has 0 saturated carbocycles. The van der Waals surface area contributed by atoms with Gasteiger partial charge in [0, 0.05) is 22.7 Å². The Bertz CT molecular complexity index is 1430. The van der Waals surface area contributed by atoms with Gasteiger partial charge >= 0.3 is 0 Å². The summed E-state index contributed by atoms with van der Waals surface area (Å²) in [6.45, 7) is -0.154. The lowest BCUT2D eigenvalue weighted by Crippen LogP contribution is -2.18. The highest BCUT2D eigenvalue weighted by Crippen LogP contribution is 2.31. The van der Waals surface area contributed by atoms with E-state index in [1.807, 2.05) is 0 Å². The van der Waals surface area contributed by atoms with E-state index in [9.17, 15) is 17.6 Å². The number of fused-ring (bicyclic) bond motifs is 1. The molecule has 0 saturated heterocycles. The first-order valence-corrected chi connectivity index (χ1v) is 11.9. The largest absolute Gasteiger partial charge is 0.337 e. The zero-order valence-electron chi connectivity index (χ0n) is 16.6. The van der Waals surface area contributed by atoms with Crippen LogP contribution < -0.4 is 5.32 Å². The summed E-state index contributed by atoms with van der Waals surface area (Å²) >= 11 is 12.1. The Morgan fingerprint density at radius 3 is 2.47 bits per heavy atom. The van der Waals surface area contributed by atoms with Crippen LogP contribution in [0.15, 0.2) is 77.8 Å². The smallest absolute Gasteiger partial charge is 0.244 e. The zero-order chi connectivity index (χ0) is 22.9. The van der Waals surface area contributed by atoms with Crippen LogP contribution in [0.25, 0.3) is 10.9 Å². The summed E-state index contributed by atoms with van der Waals surface area (Å²) in [6, 6.07) is 17.5. The van der Waals surface area contributed by atoms with Crippen molar-refractivity contribution in [3.63, 3.8) is 0 Å². The molecule has 0 unspecified atom stereocenters. The molecular formula is C23H17Cl2FN2O3S. The van der Waals surface area contributed by atoms with Crippen molar-refractivity contribution in [1.29, 1.82) is 0 Å². The van der Waals surface area contributed by atoms with Gasteiger partial charge in [-0.05, 0) is 24.3 Å². The monoisotopic (exact) mass is 490 g/mol. The average molecular weight is 491 g/mol. The van der Waals surface area contributed by atoms with E-state index in [0.29, 0.717) is 21.6 Å². The molecular weight excluding hydrogens is 474 g/mol. The number of carbonyl (C=O) groups excluding carboxylic acids is 1. The summed E-state index contributed by atoms with van der Waals surface area (Å²) < 4.78 is 41.8. The second kappa shape index (κ2) is 8.94. The second-order valence-electron chi connectivity index (χ2n) is 7.14. The van der Waals surface area contributed by atoms with Gasteiger partial charge in [-0.2, -0.15) is 0 Å². The van der Waals surface area contributed by atoms with E-state index >= 15 is 0 Å². The molecule has 1 amide bonds. The van der Waals surface area contributed by atoms with Gasteiger partial charge in [-0.15, -0.1) is 0 Å². The Balaban J connectivity index is 1.66. The summed E-state index contributed by atoms with van der Waals surface area (Å²) in [6.07, 6.45) is 1.40. The average Bonchev–Trinajstić information content (AvgIpc) is 3.12. The standard InChI is InChI=1S/C23H17Cl2FN2O3S/c24-17-8-5-10-19(23(17)25)27-22(29)13-28-12-21(16-7-2-4-11-20(16)28)32(30,31)14-15-6-1-3-9-18(15)26/h1-12H,13-14H2,(H,27,29). The minimum atomic E-state index is -3.88. The van der Waals surface area contributed by atoms with Crippen molar-refractivity contribution in [2.45, 2.75) is 17.2 Å². The third-order valence-electron chi connectivity index (χ3n) is 4.93. The molecule has 0 aliphatic carbocycles. The lowest BCUT2D eigenvalue weighted by molar-refractivity contribution is -0.116. The van der Waals surface area contributed by atoms with E-state index in [0.717, 1.165) is 0 Å². The molecule has 0 aliphatic heterocycles. The number of nitrogens with one attached hydrogen (secondary N) is 1. The summed E-state index contributed by atoms with van der Waals surface area (Å²) in [4.78, 5) is 12.7. The molecule has 4 rings (SSSR count). The van der Waals surface area contributed by atoms with Crippen LogP contribution in [0, 0.1) is 5.82 Å². The predicted octanol–water partition coefficient (Wildman–Crippen LogP) is 5.70. The minimum Gasteiger partial charge on any atom is -0.337 e. The Kier molecular flexibility index (Phi) is 6.24. The van der Waals surface area contributed by atoms with Gasteiger partial charge in [0.1, 0.15) is 12.4 Å². The van der Waals surface area contributed by atoms with Crippen molar-refractivity contribution in [3.05, 3.63) is 94.4 Å². The van der Waals surface area contributed by atoms with Crippen molar-refractivity contribution >= 4 is 55.5 Å². The first-order chi connectivity index (χ1) is 15.3. The normalized spacial score (nSPS) is 11.6. The summed E-state index contributed by atoms with van der Waals surface area (Å²) in [5.41, 5.74) is 0.998. The molecule has 5 nitrogen and oxygen atoms in total. The van der Waals surface area contributed by atoms with E-state index in [1.54, 1.807) is 48.5 Å². The molecule has 0 fully saturated rings.